The summed E-state index contributed by atoms with van der Waals surface area (Å²) in [6.07, 6.45) is -1.22. The molecule has 0 bridgehead atoms. The van der Waals surface area contributed by atoms with E-state index < -0.39 is 12.1 Å². The summed E-state index contributed by atoms with van der Waals surface area (Å²) in [5.74, 6) is -2.97. The van der Waals surface area contributed by atoms with Crippen LogP contribution in [0.25, 0.3) is 0 Å². The number of amides is 1. The molecule has 0 aromatic heterocycles. The van der Waals surface area contributed by atoms with Crippen molar-refractivity contribution in [3.8, 4) is 0 Å². The van der Waals surface area contributed by atoms with E-state index in [-0.39, 0.29) is 5.91 Å². The van der Waals surface area contributed by atoms with Gasteiger partial charge in [0.25, 0.3) is 5.91 Å². The summed E-state index contributed by atoms with van der Waals surface area (Å²) in [6.45, 7) is 7.86. The molecule has 2 saturated heterocycles. The monoisotopic (exact) mass is 545 g/mol. The molecule has 196 valence electrons. The van der Waals surface area contributed by atoms with Crippen LogP contribution < -0.4 is 10.2 Å². The van der Waals surface area contributed by atoms with E-state index in [0.29, 0.717) is 27.7 Å². The highest BCUT2D eigenvalue weighted by atomic mass is 35.5. The van der Waals surface area contributed by atoms with Crippen molar-refractivity contribution in [2.75, 3.05) is 29.9 Å². The van der Waals surface area contributed by atoms with Gasteiger partial charge in [-0.25, -0.2) is 4.79 Å². The third-order valence-electron chi connectivity index (χ3n) is 6.40. The smallest absolute Gasteiger partial charge is 0.475 e. The second kappa shape index (κ2) is 11.7. The van der Waals surface area contributed by atoms with Gasteiger partial charge < -0.3 is 15.3 Å². The van der Waals surface area contributed by atoms with Gasteiger partial charge in [0.15, 0.2) is 0 Å². The molecule has 0 radical (unpaired) electrons. The Balaban J connectivity index is 0.000000454. The van der Waals surface area contributed by atoms with Gasteiger partial charge in [0.2, 0.25) is 0 Å². The van der Waals surface area contributed by atoms with Crippen LogP contribution in [-0.4, -0.2) is 59.8 Å². The zero-order valence-corrected chi connectivity index (χ0v) is 21.4. The number of nitrogens with one attached hydrogen (secondary N) is 1. The number of aliphatic carboxylic acids is 1. The number of hydrogen-bond acceptors (Lipinski definition) is 4. The molecule has 2 N–H and O–H groups in total. The minimum Gasteiger partial charge on any atom is -0.475 e. The van der Waals surface area contributed by atoms with Gasteiger partial charge in [0.05, 0.1) is 0 Å². The molecule has 2 heterocycles. The predicted octanol–water partition coefficient (Wildman–Crippen LogP) is 6.25. The summed E-state index contributed by atoms with van der Waals surface area (Å²) < 4.78 is 31.7. The highest BCUT2D eigenvalue weighted by molar-refractivity contribution is 6.35. The van der Waals surface area contributed by atoms with E-state index in [1.807, 2.05) is 12.1 Å². The molecular weight excluding hydrogens is 518 g/mol. The first kappa shape index (κ1) is 28.1. The topological polar surface area (TPSA) is 72.9 Å². The minimum absolute atomic E-state index is 0.217. The van der Waals surface area contributed by atoms with Crippen LogP contribution >= 0.6 is 23.2 Å². The average molecular weight is 546 g/mol. The quantitative estimate of drug-likeness (QED) is 0.475. The lowest BCUT2D eigenvalue weighted by Crippen LogP contribution is -2.39. The van der Waals surface area contributed by atoms with Gasteiger partial charge in [-0.15, -0.1) is 0 Å². The highest BCUT2D eigenvalue weighted by Gasteiger charge is 2.38. The maximum atomic E-state index is 12.5. The largest absolute Gasteiger partial charge is 0.490 e. The Morgan fingerprint density at radius 2 is 1.69 bits per heavy atom. The molecule has 1 amide bonds. The van der Waals surface area contributed by atoms with Crippen molar-refractivity contribution < 1.29 is 27.9 Å². The molecule has 2 aromatic carbocycles. The van der Waals surface area contributed by atoms with Crippen molar-refractivity contribution >= 4 is 46.5 Å². The van der Waals surface area contributed by atoms with E-state index in [0.717, 1.165) is 18.8 Å². The van der Waals surface area contributed by atoms with Crippen molar-refractivity contribution in [2.45, 2.75) is 51.4 Å². The zero-order chi connectivity index (χ0) is 26.6. The zero-order valence-electron chi connectivity index (χ0n) is 19.9. The molecule has 2 fully saturated rings. The number of rotatable bonds is 4. The Kier molecular flexibility index (Phi) is 9.13. The fourth-order valence-corrected chi connectivity index (χ4v) is 5.23. The first-order valence-electron chi connectivity index (χ1n) is 11.5. The molecular formula is C25H28Cl2F3N3O3. The summed E-state index contributed by atoms with van der Waals surface area (Å²) >= 11 is 12.0. The van der Waals surface area contributed by atoms with Crippen LogP contribution in [0, 0.1) is 6.92 Å². The fourth-order valence-electron chi connectivity index (χ4n) is 4.71. The van der Waals surface area contributed by atoms with E-state index in [2.05, 4.69) is 35.0 Å². The molecule has 11 heteroatoms. The minimum atomic E-state index is -5.08. The molecule has 0 spiro atoms. The number of anilines is 2. The fraction of sp³-hybridized carbons (Fsp3) is 0.440. The third kappa shape index (κ3) is 7.27. The third-order valence-corrected chi connectivity index (χ3v) is 6.84. The molecule has 2 aliphatic rings. The van der Waals surface area contributed by atoms with E-state index in [1.165, 1.54) is 37.1 Å². The molecule has 2 aliphatic heterocycles. The maximum Gasteiger partial charge on any atom is 0.490 e. The number of hydrogen-bond donors (Lipinski definition) is 2. The summed E-state index contributed by atoms with van der Waals surface area (Å²) in [5, 5.41) is 11.0. The Morgan fingerprint density at radius 1 is 1.06 bits per heavy atom. The second-order valence-corrected chi connectivity index (χ2v) is 9.91. The van der Waals surface area contributed by atoms with Crippen LogP contribution in [0.5, 0.6) is 0 Å². The van der Waals surface area contributed by atoms with Gasteiger partial charge in [-0.05, 0) is 81.6 Å². The highest BCUT2D eigenvalue weighted by Crippen LogP contribution is 2.31. The Hall–Kier alpha value is -2.49. The van der Waals surface area contributed by atoms with E-state index in [4.69, 9.17) is 33.1 Å². The Morgan fingerprint density at radius 3 is 2.22 bits per heavy atom. The lowest BCUT2D eigenvalue weighted by atomic mass is 10.1. The van der Waals surface area contributed by atoms with E-state index in [9.17, 15) is 18.0 Å². The number of likely N-dealkylation sites (tertiary alicyclic amines) is 1. The standard InChI is InChI=1S/C23H27Cl2N3O.C2HF3O2/c1-15-10-20(26-23(29)17-11-18(24)13-19(25)12-17)5-6-22(15)27-9-7-21(14-27)28-8-3-4-16(28)2;3-2(4,5)1(6)7/h5-6,10-13,16,21H,3-4,7-9,14H2,1-2H3,(H,26,29);(H,6,7). The van der Waals surface area contributed by atoms with Crippen LogP contribution in [-0.2, 0) is 4.79 Å². The first-order chi connectivity index (χ1) is 16.8. The molecule has 4 rings (SSSR count). The van der Waals surface area contributed by atoms with Crippen LogP contribution in [0.3, 0.4) is 0 Å². The normalized spacial score (nSPS) is 20.1. The van der Waals surface area contributed by atoms with Crippen LogP contribution in [0.15, 0.2) is 36.4 Å². The number of aryl methyl sites for hydroxylation is 1. The number of alkyl halides is 3. The van der Waals surface area contributed by atoms with Gasteiger partial charge in [-0.3, -0.25) is 9.69 Å². The van der Waals surface area contributed by atoms with Crippen LogP contribution in [0.4, 0.5) is 24.5 Å². The van der Waals surface area contributed by atoms with Crippen molar-refractivity contribution in [2.24, 2.45) is 0 Å². The van der Waals surface area contributed by atoms with Crippen molar-refractivity contribution in [3.63, 3.8) is 0 Å². The summed E-state index contributed by atoms with van der Waals surface area (Å²) in [7, 11) is 0. The first-order valence-corrected chi connectivity index (χ1v) is 12.3. The lowest BCUT2D eigenvalue weighted by Gasteiger charge is -2.29. The number of nitrogens with zero attached hydrogens (tertiary/aromatic N) is 2. The van der Waals surface area contributed by atoms with Crippen molar-refractivity contribution in [1.29, 1.82) is 0 Å². The summed E-state index contributed by atoms with van der Waals surface area (Å²) in [6, 6.07) is 12.3. The van der Waals surface area contributed by atoms with Gasteiger partial charge in [0, 0.05) is 52.2 Å². The number of benzene rings is 2. The Labute approximate surface area is 218 Å². The van der Waals surface area contributed by atoms with Crippen LogP contribution in [0.1, 0.15) is 42.1 Å². The molecule has 0 aliphatic carbocycles. The maximum absolute atomic E-state index is 12.5. The summed E-state index contributed by atoms with van der Waals surface area (Å²) in [5.41, 5.74) is 3.65. The lowest BCUT2D eigenvalue weighted by molar-refractivity contribution is -0.192. The molecule has 2 unspecified atom stereocenters. The number of halogens is 5. The SMILES string of the molecule is Cc1cc(NC(=O)c2cc(Cl)cc(Cl)c2)ccc1N1CCC(N2CCCC2C)C1.O=C(O)C(F)(F)F. The van der Waals surface area contributed by atoms with Crippen LogP contribution in [0.2, 0.25) is 10.0 Å². The number of carboxylic acid groups (broad SMARTS) is 1. The number of carbonyl (C=O) groups excluding carboxylic acids is 1. The summed E-state index contributed by atoms with van der Waals surface area (Å²) in [4.78, 5) is 26.6. The average Bonchev–Trinajstić information content (AvgIpc) is 3.41. The van der Waals surface area contributed by atoms with Gasteiger partial charge in [-0.1, -0.05) is 23.2 Å². The molecule has 6 nitrogen and oxygen atoms in total. The molecule has 0 saturated carbocycles. The van der Waals surface area contributed by atoms with Gasteiger partial charge >= 0.3 is 12.1 Å². The van der Waals surface area contributed by atoms with E-state index >= 15 is 0 Å². The Bertz CT molecular complexity index is 1090. The number of carbonyl (C=O) groups is 2. The van der Waals surface area contributed by atoms with Crippen molar-refractivity contribution in [3.05, 3.63) is 57.6 Å². The number of carboxylic acids is 1. The predicted molar refractivity (Wildman–Crippen MR) is 135 cm³/mol. The molecule has 2 aromatic rings. The van der Waals surface area contributed by atoms with Gasteiger partial charge in [-0.2, -0.15) is 13.2 Å². The second-order valence-electron chi connectivity index (χ2n) is 9.03. The molecule has 36 heavy (non-hydrogen) atoms. The molecule has 2 atom stereocenters. The van der Waals surface area contributed by atoms with Crippen molar-refractivity contribution in [1.82, 2.24) is 4.90 Å². The van der Waals surface area contributed by atoms with Gasteiger partial charge in [0.1, 0.15) is 0 Å². The van der Waals surface area contributed by atoms with E-state index in [1.54, 1.807) is 18.2 Å².